The number of benzene rings is 2. The molecule has 0 atom stereocenters. The Morgan fingerprint density at radius 2 is 1.75 bits per heavy atom. The van der Waals surface area contributed by atoms with Gasteiger partial charge in [0.05, 0.1) is 14.2 Å². The van der Waals surface area contributed by atoms with Gasteiger partial charge >= 0.3 is 5.97 Å². The summed E-state index contributed by atoms with van der Waals surface area (Å²) in [6, 6.07) is 12.8. The van der Waals surface area contributed by atoms with E-state index >= 15 is 0 Å². The van der Waals surface area contributed by atoms with Crippen molar-refractivity contribution in [3.63, 3.8) is 0 Å². The quantitative estimate of drug-likeness (QED) is 0.909. The molecule has 1 N–H and O–H groups in total. The van der Waals surface area contributed by atoms with Crippen molar-refractivity contribution >= 4 is 5.97 Å². The molecule has 4 nitrogen and oxygen atoms in total. The van der Waals surface area contributed by atoms with Crippen molar-refractivity contribution in [1.82, 2.24) is 0 Å². The molecule has 2 rings (SSSR count). The second-order valence-corrected chi connectivity index (χ2v) is 4.33. The van der Waals surface area contributed by atoms with Crippen LogP contribution in [0.1, 0.15) is 21.5 Å². The van der Waals surface area contributed by atoms with Crippen LogP contribution in [0.25, 0.3) is 0 Å². The summed E-state index contributed by atoms with van der Waals surface area (Å²) in [4.78, 5) is 11.2. The van der Waals surface area contributed by atoms with Crippen LogP contribution in [-0.2, 0) is 6.42 Å². The highest BCUT2D eigenvalue weighted by molar-refractivity contribution is 5.91. The number of ether oxygens (including phenoxy) is 2. The Morgan fingerprint density at radius 1 is 1.05 bits per heavy atom. The molecule has 0 aromatic heterocycles. The molecule has 0 heterocycles. The van der Waals surface area contributed by atoms with Gasteiger partial charge in [0.25, 0.3) is 0 Å². The van der Waals surface area contributed by atoms with Crippen LogP contribution < -0.4 is 9.47 Å². The summed E-state index contributed by atoms with van der Waals surface area (Å²) in [5, 5.41) is 9.18. The van der Waals surface area contributed by atoms with Gasteiger partial charge in [0, 0.05) is 6.42 Å². The molecule has 0 aliphatic rings. The van der Waals surface area contributed by atoms with Crippen molar-refractivity contribution in [2.75, 3.05) is 14.2 Å². The van der Waals surface area contributed by atoms with Crippen molar-refractivity contribution in [2.45, 2.75) is 6.42 Å². The number of carbonyl (C=O) groups is 1. The summed E-state index contributed by atoms with van der Waals surface area (Å²) in [5.74, 6) is 0.158. The van der Waals surface area contributed by atoms with Gasteiger partial charge in [-0.1, -0.05) is 24.3 Å². The number of aromatic carboxylic acids is 1. The molecule has 2 aromatic carbocycles. The normalized spacial score (nSPS) is 10.1. The molecule has 0 radical (unpaired) electrons. The van der Waals surface area contributed by atoms with Crippen molar-refractivity contribution in [3.05, 3.63) is 59.2 Å². The fourth-order valence-corrected chi connectivity index (χ4v) is 2.10. The van der Waals surface area contributed by atoms with Gasteiger partial charge in [-0.05, 0) is 29.3 Å². The fourth-order valence-electron chi connectivity index (χ4n) is 2.10. The Kier molecular flexibility index (Phi) is 4.25. The standard InChI is InChI=1S/C16H16O4/c1-19-14-6-4-3-5-12(14)9-11-7-8-15(20-2)13(10-11)16(17)18/h3-8,10H,9H2,1-2H3,(H,17,18). The lowest BCUT2D eigenvalue weighted by molar-refractivity contribution is 0.0693. The molecular weight excluding hydrogens is 256 g/mol. The van der Waals surface area contributed by atoms with Gasteiger partial charge in [-0.25, -0.2) is 4.79 Å². The van der Waals surface area contributed by atoms with E-state index in [-0.39, 0.29) is 5.56 Å². The third-order valence-electron chi connectivity index (χ3n) is 3.08. The molecule has 0 unspecified atom stereocenters. The second-order valence-electron chi connectivity index (χ2n) is 4.33. The monoisotopic (exact) mass is 272 g/mol. The zero-order chi connectivity index (χ0) is 14.5. The van der Waals surface area contributed by atoms with E-state index in [4.69, 9.17) is 9.47 Å². The zero-order valence-electron chi connectivity index (χ0n) is 11.4. The van der Waals surface area contributed by atoms with Gasteiger partial charge in [-0.2, -0.15) is 0 Å². The molecule has 4 heteroatoms. The number of rotatable bonds is 5. The van der Waals surface area contributed by atoms with Crippen LogP contribution >= 0.6 is 0 Å². The summed E-state index contributed by atoms with van der Waals surface area (Å²) in [5.41, 5.74) is 2.07. The van der Waals surface area contributed by atoms with E-state index < -0.39 is 5.97 Å². The SMILES string of the molecule is COc1ccccc1Cc1ccc(OC)c(C(=O)O)c1. The van der Waals surface area contributed by atoms with Crippen LogP contribution in [0.15, 0.2) is 42.5 Å². The van der Waals surface area contributed by atoms with Gasteiger partial charge in [-0.15, -0.1) is 0 Å². The van der Waals surface area contributed by atoms with Crippen molar-refractivity contribution in [2.24, 2.45) is 0 Å². The summed E-state index contributed by atoms with van der Waals surface area (Å²) in [6.07, 6.45) is 0.605. The Bertz CT molecular complexity index is 620. The summed E-state index contributed by atoms with van der Waals surface area (Å²) >= 11 is 0. The highest BCUT2D eigenvalue weighted by atomic mass is 16.5. The van der Waals surface area contributed by atoms with E-state index in [0.717, 1.165) is 16.9 Å². The first kappa shape index (κ1) is 13.9. The van der Waals surface area contributed by atoms with Crippen LogP contribution in [-0.4, -0.2) is 25.3 Å². The summed E-state index contributed by atoms with van der Waals surface area (Å²) in [6.45, 7) is 0. The van der Waals surface area contributed by atoms with E-state index in [1.807, 2.05) is 30.3 Å². The first-order valence-corrected chi connectivity index (χ1v) is 6.17. The third kappa shape index (κ3) is 2.91. The number of para-hydroxylation sites is 1. The Morgan fingerprint density at radius 3 is 2.40 bits per heavy atom. The van der Waals surface area contributed by atoms with Crippen LogP contribution in [0.3, 0.4) is 0 Å². The zero-order valence-corrected chi connectivity index (χ0v) is 11.4. The lowest BCUT2D eigenvalue weighted by Crippen LogP contribution is -2.02. The fraction of sp³-hybridized carbons (Fsp3) is 0.188. The molecule has 0 amide bonds. The van der Waals surface area contributed by atoms with Gasteiger partial charge in [-0.3, -0.25) is 0 Å². The van der Waals surface area contributed by atoms with Crippen LogP contribution in [0, 0.1) is 0 Å². The average molecular weight is 272 g/mol. The van der Waals surface area contributed by atoms with E-state index in [2.05, 4.69) is 0 Å². The lowest BCUT2D eigenvalue weighted by atomic mass is 10.0. The molecular formula is C16H16O4. The molecule has 0 bridgehead atoms. The van der Waals surface area contributed by atoms with Crippen LogP contribution in [0.5, 0.6) is 11.5 Å². The maximum atomic E-state index is 11.2. The predicted octanol–water partition coefficient (Wildman–Crippen LogP) is 2.99. The minimum atomic E-state index is -0.997. The molecule has 0 saturated heterocycles. The van der Waals surface area contributed by atoms with Gasteiger partial charge < -0.3 is 14.6 Å². The molecule has 0 fully saturated rings. The number of methoxy groups -OCH3 is 2. The van der Waals surface area contributed by atoms with Gasteiger partial charge in [0.15, 0.2) is 0 Å². The van der Waals surface area contributed by atoms with E-state index in [0.29, 0.717) is 12.2 Å². The van der Waals surface area contributed by atoms with Crippen molar-refractivity contribution in [3.8, 4) is 11.5 Å². The minimum Gasteiger partial charge on any atom is -0.496 e. The first-order valence-electron chi connectivity index (χ1n) is 6.17. The molecule has 0 saturated carbocycles. The van der Waals surface area contributed by atoms with Crippen molar-refractivity contribution < 1.29 is 19.4 Å². The largest absolute Gasteiger partial charge is 0.496 e. The lowest BCUT2D eigenvalue weighted by Gasteiger charge is -2.10. The minimum absolute atomic E-state index is 0.167. The van der Waals surface area contributed by atoms with Gasteiger partial charge in [0.2, 0.25) is 0 Å². The molecule has 2 aromatic rings. The van der Waals surface area contributed by atoms with E-state index in [1.165, 1.54) is 7.11 Å². The maximum absolute atomic E-state index is 11.2. The topological polar surface area (TPSA) is 55.8 Å². The third-order valence-corrected chi connectivity index (χ3v) is 3.08. The number of hydrogen-bond donors (Lipinski definition) is 1. The number of carboxylic acid groups (broad SMARTS) is 1. The first-order chi connectivity index (χ1) is 9.65. The summed E-state index contributed by atoms with van der Waals surface area (Å²) in [7, 11) is 3.08. The van der Waals surface area contributed by atoms with Crippen LogP contribution in [0.4, 0.5) is 0 Å². The molecule has 0 aliphatic heterocycles. The van der Waals surface area contributed by atoms with Crippen LogP contribution in [0.2, 0.25) is 0 Å². The molecule has 0 aliphatic carbocycles. The average Bonchev–Trinajstić information content (AvgIpc) is 2.47. The van der Waals surface area contributed by atoms with Crippen molar-refractivity contribution in [1.29, 1.82) is 0 Å². The van der Waals surface area contributed by atoms with E-state index in [9.17, 15) is 9.90 Å². The van der Waals surface area contributed by atoms with E-state index in [1.54, 1.807) is 19.2 Å². The number of carboxylic acids is 1. The summed E-state index contributed by atoms with van der Waals surface area (Å²) < 4.78 is 10.4. The molecule has 104 valence electrons. The number of hydrogen-bond acceptors (Lipinski definition) is 3. The smallest absolute Gasteiger partial charge is 0.339 e. The highest BCUT2D eigenvalue weighted by Gasteiger charge is 2.12. The van der Waals surface area contributed by atoms with Gasteiger partial charge in [0.1, 0.15) is 17.1 Å². The Balaban J connectivity index is 2.34. The Labute approximate surface area is 117 Å². The maximum Gasteiger partial charge on any atom is 0.339 e. The highest BCUT2D eigenvalue weighted by Crippen LogP contribution is 2.25. The predicted molar refractivity (Wildman–Crippen MR) is 75.8 cm³/mol. The molecule has 20 heavy (non-hydrogen) atoms. The second kappa shape index (κ2) is 6.10. The Hall–Kier alpha value is -2.49. The molecule has 0 spiro atoms.